The summed E-state index contributed by atoms with van der Waals surface area (Å²) in [5.74, 6) is -0.0134. The Kier molecular flexibility index (Phi) is 3.63. The molecule has 0 aliphatic carbocycles. The van der Waals surface area contributed by atoms with Gasteiger partial charge in [0, 0.05) is 11.1 Å². The van der Waals surface area contributed by atoms with E-state index in [1.54, 1.807) is 6.07 Å². The van der Waals surface area contributed by atoms with Gasteiger partial charge in [0.15, 0.2) is 5.82 Å². The number of aromatic nitrogens is 3. The van der Waals surface area contributed by atoms with Crippen molar-refractivity contribution in [2.24, 2.45) is 0 Å². The summed E-state index contributed by atoms with van der Waals surface area (Å²) in [5, 5.41) is 8.38. The molecule has 0 N–H and O–H groups in total. The number of rotatable bonds is 2. The largest absolute Gasteiger partial charge is 0.276 e. The Morgan fingerprint density at radius 3 is 2.62 bits per heavy atom. The van der Waals surface area contributed by atoms with Gasteiger partial charge in [0.25, 0.3) is 5.56 Å². The maximum absolute atomic E-state index is 13.9. The van der Waals surface area contributed by atoms with Crippen molar-refractivity contribution in [3.8, 4) is 11.4 Å². The summed E-state index contributed by atoms with van der Waals surface area (Å²) in [7, 11) is 0. The predicted octanol–water partition coefficient (Wildman–Crippen LogP) is 3.16. The van der Waals surface area contributed by atoms with E-state index in [-0.39, 0.29) is 16.1 Å². The number of benzene rings is 2. The van der Waals surface area contributed by atoms with E-state index in [2.05, 4.69) is 10.2 Å². The van der Waals surface area contributed by atoms with Crippen molar-refractivity contribution >= 4 is 34.0 Å². The Balaban J connectivity index is 1.97. The molecule has 2 aromatic carbocycles. The molecular formula is C17H9ClFN3OS. The van der Waals surface area contributed by atoms with Gasteiger partial charge in [-0.1, -0.05) is 59.3 Å². The van der Waals surface area contributed by atoms with Crippen LogP contribution in [0.5, 0.6) is 0 Å². The maximum atomic E-state index is 13.9. The summed E-state index contributed by atoms with van der Waals surface area (Å²) in [6, 6.07) is 13.7. The first kappa shape index (κ1) is 15.0. The summed E-state index contributed by atoms with van der Waals surface area (Å²) in [6.45, 7) is 0. The second kappa shape index (κ2) is 5.81. The zero-order valence-corrected chi connectivity index (χ0v) is 13.7. The summed E-state index contributed by atoms with van der Waals surface area (Å²) in [4.78, 5) is 13.2. The number of thiazole rings is 1. The van der Waals surface area contributed by atoms with Crippen LogP contribution in [0.3, 0.4) is 0 Å². The molecule has 4 rings (SSSR count). The van der Waals surface area contributed by atoms with E-state index in [4.69, 9.17) is 11.6 Å². The van der Waals surface area contributed by atoms with Crippen molar-refractivity contribution < 1.29 is 4.39 Å². The summed E-state index contributed by atoms with van der Waals surface area (Å²) in [5.41, 5.74) is 0.684. The molecule has 0 fully saturated rings. The molecule has 0 saturated carbocycles. The molecule has 0 unspecified atom stereocenters. The minimum absolute atomic E-state index is 0.190. The molecule has 0 saturated heterocycles. The molecule has 118 valence electrons. The maximum Gasteiger partial charge on any atom is 0.276 e. The summed E-state index contributed by atoms with van der Waals surface area (Å²) >= 11 is 7.18. The predicted molar refractivity (Wildman–Crippen MR) is 92.8 cm³/mol. The molecule has 0 bridgehead atoms. The van der Waals surface area contributed by atoms with Crippen molar-refractivity contribution in [2.75, 3.05) is 0 Å². The fraction of sp³-hybridized carbons (Fsp3) is 0. The Bertz CT molecular complexity index is 1130. The number of hydrogen-bond donors (Lipinski definition) is 0. The first-order valence-corrected chi connectivity index (χ1v) is 8.23. The monoisotopic (exact) mass is 357 g/mol. The van der Waals surface area contributed by atoms with E-state index in [9.17, 15) is 9.18 Å². The Labute approximate surface area is 144 Å². The van der Waals surface area contributed by atoms with Gasteiger partial charge in [0.2, 0.25) is 4.96 Å². The van der Waals surface area contributed by atoms with Crippen LogP contribution in [0.1, 0.15) is 5.56 Å². The molecule has 24 heavy (non-hydrogen) atoms. The van der Waals surface area contributed by atoms with Gasteiger partial charge in [-0.2, -0.15) is 0 Å². The third-order valence-corrected chi connectivity index (χ3v) is 4.84. The van der Waals surface area contributed by atoms with E-state index in [0.717, 1.165) is 16.9 Å². The third kappa shape index (κ3) is 2.40. The van der Waals surface area contributed by atoms with E-state index in [1.807, 2.05) is 30.3 Å². The van der Waals surface area contributed by atoms with Crippen LogP contribution in [-0.2, 0) is 0 Å². The van der Waals surface area contributed by atoms with Crippen LogP contribution in [0.25, 0.3) is 22.4 Å². The summed E-state index contributed by atoms with van der Waals surface area (Å²) in [6.07, 6.45) is 1.45. The minimum Gasteiger partial charge on any atom is -0.267 e. The van der Waals surface area contributed by atoms with E-state index in [0.29, 0.717) is 15.3 Å². The number of fused-ring (bicyclic) bond motifs is 1. The van der Waals surface area contributed by atoms with Crippen LogP contribution in [0.4, 0.5) is 4.39 Å². The zero-order valence-electron chi connectivity index (χ0n) is 12.1. The average molecular weight is 358 g/mol. The van der Waals surface area contributed by atoms with Gasteiger partial charge in [-0.3, -0.25) is 4.79 Å². The number of nitrogens with zero attached hydrogens (tertiary/aromatic N) is 3. The topological polar surface area (TPSA) is 47.3 Å². The van der Waals surface area contributed by atoms with Crippen LogP contribution in [-0.4, -0.2) is 14.6 Å². The fourth-order valence-corrected chi connectivity index (χ4v) is 3.53. The molecule has 0 aliphatic heterocycles. The lowest BCUT2D eigenvalue weighted by Crippen LogP contribution is -2.23. The first-order valence-electron chi connectivity index (χ1n) is 7.04. The first-order chi connectivity index (χ1) is 11.6. The van der Waals surface area contributed by atoms with Crippen LogP contribution in [0.15, 0.2) is 53.3 Å². The van der Waals surface area contributed by atoms with Crippen LogP contribution < -0.4 is 10.1 Å². The molecule has 7 heteroatoms. The van der Waals surface area contributed by atoms with Gasteiger partial charge in [0.1, 0.15) is 5.82 Å². The lowest BCUT2D eigenvalue weighted by molar-refractivity contribution is 0.625. The molecule has 0 amide bonds. The Hall–Kier alpha value is -2.57. The van der Waals surface area contributed by atoms with Crippen molar-refractivity contribution in [1.29, 1.82) is 0 Å². The molecule has 2 heterocycles. The number of halogens is 2. The SMILES string of the molecule is O=c1/c(=C/c2c(F)cccc2Cl)sc2nnc(-c3ccccc3)n12. The van der Waals surface area contributed by atoms with Crippen LogP contribution in [0.2, 0.25) is 5.02 Å². The second-order valence-corrected chi connectivity index (χ2v) is 6.48. The Morgan fingerprint density at radius 2 is 1.88 bits per heavy atom. The molecule has 0 atom stereocenters. The van der Waals surface area contributed by atoms with Crippen molar-refractivity contribution in [3.05, 3.63) is 79.8 Å². The van der Waals surface area contributed by atoms with Gasteiger partial charge >= 0.3 is 0 Å². The molecule has 0 spiro atoms. The minimum atomic E-state index is -0.477. The normalized spacial score (nSPS) is 12.2. The van der Waals surface area contributed by atoms with Crippen molar-refractivity contribution in [1.82, 2.24) is 14.6 Å². The second-order valence-electron chi connectivity index (χ2n) is 5.06. The highest BCUT2D eigenvalue weighted by molar-refractivity contribution is 7.15. The summed E-state index contributed by atoms with van der Waals surface area (Å²) < 4.78 is 15.7. The van der Waals surface area contributed by atoms with Gasteiger partial charge in [-0.15, -0.1) is 10.2 Å². The fourth-order valence-electron chi connectivity index (χ4n) is 2.42. The Morgan fingerprint density at radius 1 is 1.08 bits per heavy atom. The van der Waals surface area contributed by atoms with Crippen molar-refractivity contribution in [3.63, 3.8) is 0 Å². The molecule has 0 aliphatic rings. The number of hydrogen-bond acceptors (Lipinski definition) is 4. The van der Waals surface area contributed by atoms with Gasteiger partial charge in [0.05, 0.1) is 9.55 Å². The zero-order chi connectivity index (χ0) is 16.7. The lowest BCUT2D eigenvalue weighted by atomic mass is 10.2. The van der Waals surface area contributed by atoms with E-state index in [1.165, 1.54) is 22.6 Å². The lowest BCUT2D eigenvalue weighted by Gasteiger charge is -1.98. The van der Waals surface area contributed by atoms with Gasteiger partial charge in [-0.25, -0.2) is 8.79 Å². The average Bonchev–Trinajstić information content (AvgIpc) is 3.13. The molecule has 4 nitrogen and oxygen atoms in total. The molecular weight excluding hydrogens is 349 g/mol. The molecule has 0 radical (unpaired) electrons. The van der Waals surface area contributed by atoms with Gasteiger partial charge < -0.3 is 0 Å². The van der Waals surface area contributed by atoms with Crippen LogP contribution >= 0.6 is 22.9 Å². The highest BCUT2D eigenvalue weighted by atomic mass is 35.5. The standard InChI is InChI=1S/C17H9ClFN3OS/c18-12-7-4-8-13(19)11(12)9-14-16(23)22-15(20-21-17(22)24-14)10-5-2-1-3-6-10/h1-9H/b14-9-. The van der Waals surface area contributed by atoms with E-state index < -0.39 is 5.82 Å². The van der Waals surface area contributed by atoms with Gasteiger partial charge in [-0.05, 0) is 18.2 Å². The van der Waals surface area contributed by atoms with Crippen molar-refractivity contribution in [2.45, 2.75) is 0 Å². The molecule has 2 aromatic heterocycles. The highest BCUT2D eigenvalue weighted by Crippen LogP contribution is 2.20. The third-order valence-electron chi connectivity index (χ3n) is 3.56. The van der Waals surface area contributed by atoms with Crippen LogP contribution in [0, 0.1) is 5.82 Å². The highest BCUT2D eigenvalue weighted by Gasteiger charge is 2.14. The molecule has 4 aromatic rings. The van der Waals surface area contributed by atoms with E-state index >= 15 is 0 Å². The quantitative estimate of drug-likeness (QED) is 0.553. The smallest absolute Gasteiger partial charge is 0.267 e.